The summed E-state index contributed by atoms with van der Waals surface area (Å²) in [6.07, 6.45) is 12.5. The minimum absolute atomic E-state index is 0.617. The van der Waals surface area contributed by atoms with Crippen LogP contribution in [0.3, 0.4) is 0 Å². The first-order valence-corrected chi connectivity index (χ1v) is 8.88. The second kappa shape index (κ2) is 7.44. The van der Waals surface area contributed by atoms with Gasteiger partial charge in [0.1, 0.15) is 0 Å². The number of hydrogen-bond donors (Lipinski definition) is 0. The van der Waals surface area contributed by atoms with Crippen LogP contribution in [0.1, 0.15) is 12.8 Å². The first-order valence-electron chi connectivity index (χ1n) is 8.88. The fourth-order valence-corrected chi connectivity index (χ4v) is 3.14. The van der Waals surface area contributed by atoms with Gasteiger partial charge in [-0.25, -0.2) is 9.97 Å². The summed E-state index contributed by atoms with van der Waals surface area (Å²) in [5, 5.41) is 2.61. The van der Waals surface area contributed by atoms with Crippen LogP contribution in [0, 0.1) is 0 Å². The number of methoxy groups -OCH3 is 1. The molecule has 0 amide bonds. The van der Waals surface area contributed by atoms with E-state index in [1.54, 1.807) is 13.3 Å². The smallest absolute Gasteiger partial charge is 0.212 e. The molecule has 0 saturated carbocycles. The van der Waals surface area contributed by atoms with Crippen molar-refractivity contribution >= 4 is 10.8 Å². The molecule has 4 rings (SSSR count). The molecule has 0 aliphatic heterocycles. The van der Waals surface area contributed by atoms with Crippen LogP contribution >= 0.6 is 0 Å². The average Bonchev–Trinajstić information content (AvgIpc) is 3.32. The zero-order chi connectivity index (χ0) is 17.8. The maximum absolute atomic E-state index is 5.09. The normalized spacial score (nSPS) is 11.1. The van der Waals surface area contributed by atoms with Crippen LogP contribution in [0.5, 0.6) is 5.88 Å². The number of pyridine rings is 1. The summed E-state index contributed by atoms with van der Waals surface area (Å²) in [6.45, 7) is 2.01. The van der Waals surface area contributed by atoms with Gasteiger partial charge in [-0.15, -0.1) is 0 Å². The van der Waals surface area contributed by atoms with E-state index in [-0.39, 0.29) is 0 Å². The Morgan fingerprint density at radius 3 is 2.23 bits per heavy atom. The number of imidazole rings is 1. The number of nitrogens with zero attached hydrogens (tertiary/aromatic N) is 4. The molecule has 0 fully saturated rings. The topological polar surface area (TPSA) is 44.9 Å². The molecule has 3 aromatic heterocycles. The van der Waals surface area contributed by atoms with Gasteiger partial charge in [0, 0.05) is 49.5 Å². The molecule has 0 aliphatic rings. The first kappa shape index (κ1) is 16.4. The molecule has 132 valence electrons. The maximum atomic E-state index is 5.09. The lowest BCUT2D eigenvalue weighted by Gasteiger charge is -2.04. The van der Waals surface area contributed by atoms with Gasteiger partial charge in [0.25, 0.3) is 0 Å². The second-order valence-corrected chi connectivity index (χ2v) is 6.42. The standard InChI is InChI=1S/C21H22N4O/c1-26-21-9-8-17(12-22-21)20-15-25(16-23-20)11-5-4-10-24-13-18-6-2-3-7-19(18)14-24/h2-3,6-9,12-16H,4-5,10-11H2,1H3. The summed E-state index contributed by atoms with van der Waals surface area (Å²) in [6, 6.07) is 12.3. The van der Waals surface area contributed by atoms with E-state index in [4.69, 9.17) is 4.74 Å². The van der Waals surface area contributed by atoms with Crippen LogP contribution in [0.4, 0.5) is 0 Å². The van der Waals surface area contributed by atoms with E-state index < -0.39 is 0 Å². The Morgan fingerprint density at radius 1 is 0.846 bits per heavy atom. The molecule has 26 heavy (non-hydrogen) atoms. The number of benzene rings is 1. The van der Waals surface area contributed by atoms with Crippen molar-refractivity contribution in [1.29, 1.82) is 0 Å². The molecule has 0 atom stereocenters. The average molecular weight is 346 g/mol. The van der Waals surface area contributed by atoms with Crippen molar-refractivity contribution in [2.45, 2.75) is 25.9 Å². The van der Waals surface area contributed by atoms with E-state index in [1.807, 2.05) is 18.5 Å². The lowest BCUT2D eigenvalue weighted by Crippen LogP contribution is -1.98. The van der Waals surface area contributed by atoms with Gasteiger partial charge >= 0.3 is 0 Å². The number of aromatic nitrogens is 4. The van der Waals surface area contributed by atoms with Gasteiger partial charge in [0.15, 0.2) is 0 Å². The van der Waals surface area contributed by atoms with Crippen molar-refractivity contribution < 1.29 is 4.74 Å². The Morgan fingerprint density at radius 2 is 1.58 bits per heavy atom. The zero-order valence-corrected chi connectivity index (χ0v) is 14.9. The van der Waals surface area contributed by atoms with Crippen LogP contribution in [-0.4, -0.2) is 26.2 Å². The summed E-state index contributed by atoms with van der Waals surface area (Å²) in [4.78, 5) is 8.72. The molecule has 5 nitrogen and oxygen atoms in total. The van der Waals surface area contributed by atoms with Crippen LogP contribution in [0.25, 0.3) is 22.0 Å². The van der Waals surface area contributed by atoms with Crippen molar-refractivity contribution in [1.82, 2.24) is 19.1 Å². The van der Waals surface area contributed by atoms with E-state index in [0.717, 1.165) is 37.2 Å². The van der Waals surface area contributed by atoms with Crippen molar-refractivity contribution in [3.05, 3.63) is 67.5 Å². The molecule has 0 spiro atoms. The van der Waals surface area contributed by atoms with Crippen LogP contribution in [-0.2, 0) is 13.1 Å². The highest BCUT2D eigenvalue weighted by atomic mass is 16.5. The maximum Gasteiger partial charge on any atom is 0.212 e. The quantitative estimate of drug-likeness (QED) is 0.466. The number of fused-ring (bicyclic) bond motifs is 1. The van der Waals surface area contributed by atoms with E-state index in [2.05, 4.69) is 62.0 Å². The summed E-state index contributed by atoms with van der Waals surface area (Å²) < 4.78 is 9.52. The predicted molar refractivity (Wildman–Crippen MR) is 103 cm³/mol. The van der Waals surface area contributed by atoms with Gasteiger partial charge in [-0.1, -0.05) is 24.3 Å². The third kappa shape index (κ3) is 3.61. The van der Waals surface area contributed by atoms with E-state index in [1.165, 1.54) is 10.8 Å². The monoisotopic (exact) mass is 346 g/mol. The molecule has 1 aromatic carbocycles. The lowest BCUT2D eigenvalue weighted by atomic mass is 10.2. The molecular weight excluding hydrogens is 324 g/mol. The Bertz CT molecular complexity index is 952. The molecule has 0 bridgehead atoms. The highest BCUT2D eigenvalue weighted by molar-refractivity contribution is 5.82. The first-order chi connectivity index (χ1) is 12.8. The largest absolute Gasteiger partial charge is 0.481 e. The number of rotatable bonds is 7. The Balaban J connectivity index is 1.30. The molecule has 0 saturated heterocycles. The van der Waals surface area contributed by atoms with Gasteiger partial charge in [0.05, 0.1) is 19.1 Å². The minimum atomic E-state index is 0.617. The summed E-state index contributed by atoms with van der Waals surface area (Å²) in [5.41, 5.74) is 1.94. The SMILES string of the molecule is COc1ccc(-c2cn(CCCCn3cc4ccccc4c3)cn2)cn1. The Labute approximate surface area is 152 Å². The third-order valence-electron chi connectivity index (χ3n) is 4.56. The fraction of sp³-hybridized carbons (Fsp3) is 0.238. The summed E-state index contributed by atoms with van der Waals surface area (Å²) in [5.74, 6) is 0.617. The molecular formula is C21H22N4O. The number of ether oxygens (including phenoxy) is 1. The minimum Gasteiger partial charge on any atom is -0.481 e. The molecule has 5 heteroatoms. The summed E-state index contributed by atoms with van der Waals surface area (Å²) in [7, 11) is 1.62. The van der Waals surface area contributed by atoms with Crippen molar-refractivity contribution in [2.75, 3.05) is 7.11 Å². The van der Waals surface area contributed by atoms with Gasteiger partial charge in [0.2, 0.25) is 5.88 Å². The predicted octanol–water partition coefficient (Wildman–Crippen LogP) is 4.39. The van der Waals surface area contributed by atoms with Crippen LogP contribution in [0.15, 0.2) is 67.5 Å². The van der Waals surface area contributed by atoms with Gasteiger partial charge < -0.3 is 13.9 Å². The molecule has 0 unspecified atom stereocenters. The molecule has 0 aliphatic carbocycles. The highest BCUT2D eigenvalue weighted by Crippen LogP contribution is 2.19. The van der Waals surface area contributed by atoms with Crippen LogP contribution in [0.2, 0.25) is 0 Å². The highest BCUT2D eigenvalue weighted by Gasteiger charge is 2.04. The van der Waals surface area contributed by atoms with E-state index in [9.17, 15) is 0 Å². The van der Waals surface area contributed by atoms with Crippen molar-refractivity contribution in [2.24, 2.45) is 0 Å². The molecule has 4 aromatic rings. The number of hydrogen-bond acceptors (Lipinski definition) is 3. The summed E-state index contributed by atoms with van der Waals surface area (Å²) >= 11 is 0. The zero-order valence-electron chi connectivity index (χ0n) is 14.9. The molecule has 0 N–H and O–H groups in total. The van der Waals surface area contributed by atoms with Gasteiger partial charge in [-0.05, 0) is 29.7 Å². The van der Waals surface area contributed by atoms with Crippen molar-refractivity contribution in [3.63, 3.8) is 0 Å². The van der Waals surface area contributed by atoms with Gasteiger partial charge in [-0.2, -0.15) is 0 Å². The molecule has 0 radical (unpaired) electrons. The second-order valence-electron chi connectivity index (χ2n) is 6.42. The molecule has 3 heterocycles. The lowest BCUT2D eigenvalue weighted by molar-refractivity contribution is 0.398. The van der Waals surface area contributed by atoms with Gasteiger partial charge in [-0.3, -0.25) is 0 Å². The Hall–Kier alpha value is -3.08. The van der Waals surface area contributed by atoms with E-state index >= 15 is 0 Å². The van der Waals surface area contributed by atoms with Crippen molar-refractivity contribution in [3.8, 4) is 17.1 Å². The Kier molecular flexibility index (Phi) is 4.69. The third-order valence-corrected chi connectivity index (χ3v) is 4.56. The van der Waals surface area contributed by atoms with Crippen LogP contribution < -0.4 is 4.74 Å². The number of aryl methyl sites for hydroxylation is 2. The fourth-order valence-electron chi connectivity index (χ4n) is 3.14. The number of unbranched alkanes of at least 4 members (excludes halogenated alkanes) is 1. The van der Waals surface area contributed by atoms with E-state index in [0.29, 0.717) is 5.88 Å².